The summed E-state index contributed by atoms with van der Waals surface area (Å²) in [6.07, 6.45) is -12.3. The quantitative estimate of drug-likeness (QED) is 0.255. The second kappa shape index (κ2) is 8.78. The first-order valence-electron chi connectivity index (χ1n) is 8.44. The number of aromatic hydroxyl groups is 2. The standard InChI is InChI=1S/C16H10F8O10S2/c17-13(18,15(21,22)35(27,28)29)33-10-1-2-11(7-3-8(25)5-9(26)4-7)12(6-10)34-14(19,20)16(23,24)36(30,31)32/h1-6,25-26H,(H,27,28,29)(H,30,31,32). The van der Waals surface area contributed by atoms with Crippen LogP contribution in [0.4, 0.5) is 35.1 Å². The lowest BCUT2D eigenvalue weighted by Gasteiger charge is -2.26. The Morgan fingerprint density at radius 1 is 0.639 bits per heavy atom. The van der Waals surface area contributed by atoms with Crippen LogP contribution in [-0.2, 0) is 20.2 Å². The van der Waals surface area contributed by atoms with E-state index >= 15 is 0 Å². The van der Waals surface area contributed by atoms with Gasteiger partial charge in [0.15, 0.2) is 0 Å². The van der Waals surface area contributed by atoms with Crippen molar-refractivity contribution < 1.29 is 80.8 Å². The first-order valence-corrected chi connectivity index (χ1v) is 11.3. The van der Waals surface area contributed by atoms with E-state index in [-0.39, 0.29) is 12.1 Å². The largest absolute Gasteiger partial charge is 0.508 e. The first-order chi connectivity index (χ1) is 15.9. The minimum atomic E-state index is -6.88. The van der Waals surface area contributed by atoms with Crippen LogP contribution in [0.2, 0.25) is 0 Å². The summed E-state index contributed by atoms with van der Waals surface area (Å²) >= 11 is 0. The lowest BCUT2D eigenvalue weighted by Crippen LogP contribution is -2.51. The van der Waals surface area contributed by atoms with Crippen molar-refractivity contribution in [2.45, 2.75) is 22.7 Å². The third kappa shape index (κ3) is 5.34. The third-order valence-electron chi connectivity index (χ3n) is 3.98. The molecule has 0 aromatic heterocycles. The summed E-state index contributed by atoms with van der Waals surface area (Å²) < 4.78 is 176. The molecule has 0 heterocycles. The molecule has 0 atom stereocenters. The topological polar surface area (TPSA) is 168 Å². The van der Waals surface area contributed by atoms with Crippen LogP contribution in [0, 0.1) is 0 Å². The van der Waals surface area contributed by atoms with Crippen LogP contribution in [-0.4, -0.2) is 58.9 Å². The Morgan fingerprint density at radius 2 is 1.06 bits per heavy atom. The Hall–Kier alpha value is -3.10. The van der Waals surface area contributed by atoms with Crippen LogP contribution in [0.5, 0.6) is 23.0 Å². The average molecular weight is 578 g/mol. The number of ether oxygens (including phenoxy) is 2. The minimum Gasteiger partial charge on any atom is -0.508 e. The summed E-state index contributed by atoms with van der Waals surface area (Å²) in [6, 6.07) is 2.36. The van der Waals surface area contributed by atoms with Crippen LogP contribution in [0.3, 0.4) is 0 Å². The van der Waals surface area contributed by atoms with Gasteiger partial charge in [-0.05, 0) is 29.8 Å². The van der Waals surface area contributed by atoms with Gasteiger partial charge in [0.25, 0.3) is 0 Å². The molecule has 0 unspecified atom stereocenters. The number of rotatable bonds is 9. The zero-order chi connectivity index (χ0) is 28.1. The van der Waals surface area contributed by atoms with Gasteiger partial charge in [-0.15, -0.1) is 0 Å². The highest BCUT2D eigenvalue weighted by molar-refractivity contribution is 7.87. The molecule has 0 aliphatic rings. The highest BCUT2D eigenvalue weighted by atomic mass is 32.2. The Morgan fingerprint density at radius 3 is 1.47 bits per heavy atom. The summed E-state index contributed by atoms with van der Waals surface area (Å²) in [4.78, 5) is 0. The molecular weight excluding hydrogens is 568 g/mol. The van der Waals surface area contributed by atoms with E-state index < -0.39 is 77.1 Å². The van der Waals surface area contributed by atoms with Crippen molar-refractivity contribution >= 4 is 20.2 Å². The van der Waals surface area contributed by atoms with Gasteiger partial charge >= 0.3 is 43.0 Å². The molecule has 0 aliphatic carbocycles. The SMILES string of the molecule is O=S(=O)(O)C(F)(F)C(F)(F)Oc1ccc(-c2cc(O)cc(O)c2)c(OC(F)(F)C(F)(F)S(=O)(=O)O)c1. The normalized spacial score (nSPS) is 13.9. The maximum atomic E-state index is 14.0. The molecule has 2 aromatic rings. The van der Waals surface area contributed by atoms with Gasteiger partial charge in [-0.25, -0.2) is 0 Å². The molecule has 2 aromatic carbocycles. The molecule has 0 bridgehead atoms. The molecule has 36 heavy (non-hydrogen) atoms. The lowest BCUT2D eigenvalue weighted by molar-refractivity contribution is -0.276. The van der Waals surface area contributed by atoms with Gasteiger partial charge < -0.3 is 19.7 Å². The molecule has 0 radical (unpaired) electrons. The monoisotopic (exact) mass is 578 g/mol. The Labute approximate surface area is 194 Å². The van der Waals surface area contributed by atoms with Crippen LogP contribution in [0.15, 0.2) is 36.4 Å². The van der Waals surface area contributed by atoms with Crippen molar-refractivity contribution in [3.63, 3.8) is 0 Å². The zero-order valence-corrected chi connectivity index (χ0v) is 18.2. The molecule has 0 fully saturated rings. The number of hydrogen-bond acceptors (Lipinski definition) is 8. The maximum absolute atomic E-state index is 14.0. The van der Waals surface area contributed by atoms with Gasteiger partial charge in [0.05, 0.1) is 0 Å². The number of hydrogen-bond donors (Lipinski definition) is 4. The number of halogens is 8. The number of benzene rings is 2. The summed E-state index contributed by atoms with van der Waals surface area (Å²) in [7, 11) is -13.7. The predicted molar refractivity (Wildman–Crippen MR) is 99.3 cm³/mol. The fourth-order valence-electron chi connectivity index (χ4n) is 2.34. The first kappa shape index (κ1) is 29.1. The predicted octanol–water partition coefficient (Wildman–Crippen LogP) is 3.67. The fourth-order valence-corrected chi connectivity index (χ4v) is 3.03. The number of phenols is 2. The molecule has 10 nitrogen and oxygen atoms in total. The van der Waals surface area contributed by atoms with E-state index in [1.807, 2.05) is 0 Å². The highest BCUT2D eigenvalue weighted by Gasteiger charge is 2.70. The van der Waals surface area contributed by atoms with E-state index in [0.717, 1.165) is 0 Å². The second-order valence-electron chi connectivity index (χ2n) is 6.62. The van der Waals surface area contributed by atoms with Crippen LogP contribution >= 0.6 is 0 Å². The van der Waals surface area contributed by atoms with Crippen molar-refractivity contribution in [2.24, 2.45) is 0 Å². The smallest absolute Gasteiger partial charge is 0.483 e. The molecule has 0 saturated heterocycles. The Balaban J connectivity index is 2.71. The number of phenolic OH excluding ortho intramolecular Hbond substituents is 2. The van der Waals surface area contributed by atoms with Crippen molar-refractivity contribution in [3.8, 4) is 34.1 Å². The lowest BCUT2D eigenvalue weighted by atomic mass is 10.0. The van der Waals surface area contributed by atoms with E-state index in [1.54, 1.807) is 0 Å². The van der Waals surface area contributed by atoms with Gasteiger partial charge in [0, 0.05) is 17.7 Å². The van der Waals surface area contributed by atoms with Gasteiger partial charge in [0.1, 0.15) is 23.0 Å². The summed E-state index contributed by atoms with van der Waals surface area (Å²) in [6.45, 7) is 0. The van der Waals surface area contributed by atoms with Crippen molar-refractivity contribution in [3.05, 3.63) is 36.4 Å². The van der Waals surface area contributed by atoms with E-state index in [9.17, 15) is 62.2 Å². The van der Waals surface area contributed by atoms with Crippen LogP contribution in [0.1, 0.15) is 0 Å². The van der Waals surface area contributed by atoms with Gasteiger partial charge in [0.2, 0.25) is 0 Å². The fraction of sp³-hybridized carbons (Fsp3) is 0.250. The zero-order valence-electron chi connectivity index (χ0n) is 16.5. The van der Waals surface area contributed by atoms with E-state index in [0.29, 0.717) is 24.3 Å². The summed E-state index contributed by atoms with van der Waals surface area (Å²) in [5.74, 6) is -5.01. The van der Waals surface area contributed by atoms with Crippen molar-refractivity contribution in [2.75, 3.05) is 0 Å². The molecular formula is C16H10F8O10S2. The third-order valence-corrected chi connectivity index (χ3v) is 5.75. The molecule has 0 spiro atoms. The maximum Gasteiger partial charge on any atom is 0.483 e. The van der Waals surface area contributed by atoms with Crippen molar-refractivity contribution in [1.29, 1.82) is 0 Å². The van der Waals surface area contributed by atoms with Gasteiger partial charge in [-0.2, -0.15) is 52.0 Å². The summed E-state index contributed by atoms with van der Waals surface area (Å²) in [5, 5.41) is 6.34. The number of alkyl halides is 8. The van der Waals surface area contributed by atoms with Crippen LogP contribution in [0.25, 0.3) is 11.1 Å². The molecule has 202 valence electrons. The molecule has 0 saturated carbocycles. The Kier molecular flexibility index (Phi) is 7.10. The average Bonchev–Trinajstić information content (AvgIpc) is 2.64. The summed E-state index contributed by atoms with van der Waals surface area (Å²) in [5.41, 5.74) is -1.50. The Bertz CT molecular complexity index is 1360. The van der Waals surface area contributed by atoms with Crippen molar-refractivity contribution in [1.82, 2.24) is 0 Å². The minimum absolute atomic E-state index is 0.238. The van der Waals surface area contributed by atoms with Gasteiger partial charge in [-0.1, -0.05) is 0 Å². The van der Waals surface area contributed by atoms with Gasteiger partial charge in [-0.3, -0.25) is 9.11 Å². The van der Waals surface area contributed by atoms with E-state index in [1.165, 1.54) is 0 Å². The highest BCUT2D eigenvalue weighted by Crippen LogP contribution is 2.46. The molecule has 0 aliphatic heterocycles. The second-order valence-corrected chi connectivity index (χ2v) is 9.54. The molecule has 0 amide bonds. The molecule has 2 rings (SSSR count). The van der Waals surface area contributed by atoms with Crippen LogP contribution < -0.4 is 9.47 Å². The molecule has 4 N–H and O–H groups in total. The molecule has 20 heteroatoms. The van der Waals surface area contributed by atoms with E-state index in [4.69, 9.17) is 9.11 Å². The van der Waals surface area contributed by atoms with E-state index in [2.05, 4.69) is 9.47 Å².